The van der Waals surface area contributed by atoms with Gasteiger partial charge in [0.15, 0.2) is 0 Å². The summed E-state index contributed by atoms with van der Waals surface area (Å²) in [5.41, 5.74) is 3.80. The van der Waals surface area contributed by atoms with Crippen LogP contribution in [-0.4, -0.2) is 44.7 Å². The maximum atomic E-state index is 12.1. The van der Waals surface area contributed by atoms with Gasteiger partial charge in [-0.3, -0.25) is 4.79 Å². The molecule has 174 valence electrons. The summed E-state index contributed by atoms with van der Waals surface area (Å²) >= 11 is 0. The average molecular weight is 447 g/mol. The van der Waals surface area contributed by atoms with Gasteiger partial charge in [-0.25, -0.2) is 0 Å². The van der Waals surface area contributed by atoms with Gasteiger partial charge in [0, 0.05) is 32.8 Å². The Bertz CT molecular complexity index is 1080. The van der Waals surface area contributed by atoms with Crippen molar-refractivity contribution in [3.63, 3.8) is 0 Å². The lowest BCUT2D eigenvalue weighted by Gasteiger charge is -2.33. The standard InChI is InChI=1S/C28H34N2O3/c1-20(24-10-6-8-22-7-4-5-9-25(22)24)29-18-21-11-12-27(33-3)26(17-21)23-13-15-30(16-14-23)28(31)19-32-2/h4-12,17,20,23,29H,13-16,18-19H2,1-3H3. The zero-order valence-electron chi connectivity index (χ0n) is 19.8. The molecule has 5 nitrogen and oxygen atoms in total. The fraction of sp³-hybridized carbons (Fsp3) is 0.393. The average Bonchev–Trinajstić information content (AvgIpc) is 2.87. The minimum atomic E-state index is 0.0725. The molecule has 33 heavy (non-hydrogen) atoms. The number of piperidine rings is 1. The van der Waals surface area contributed by atoms with Crippen molar-refractivity contribution in [3.05, 3.63) is 77.4 Å². The Morgan fingerprint density at radius 2 is 1.82 bits per heavy atom. The molecule has 0 radical (unpaired) electrons. The molecule has 5 heteroatoms. The number of methoxy groups -OCH3 is 2. The first-order valence-corrected chi connectivity index (χ1v) is 11.7. The predicted molar refractivity (Wildman–Crippen MR) is 133 cm³/mol. The second kappa shape index (κ2) is 10.8. The van der Waals surface area contributed by atoms with Gasteiger partial charge in [0.25, 0.3) is 0 Å². The van der Waals surface area contributed by atoms with E-state index in [0.29, 0.717) is 5.92 Å². The van der Waals surface area contributed by atoms with Crippen LogP contribution in [-0.2, 0) is 16.1 Å². The van der Waals surface area contributed by atoms with Gasteiger partial charge in [-0.15, -0.1) is 0 Å². The lowest BCUT2D eigenvalue weighted by Crippen LogP contribution is -2.39. The van der Waals surface area contributed by atoms with E-state index < -0.39 is 0 Å². The monoisotopic (exact) mass is 446 g/mol. The Morgan fingerprint density at radius 1 is 1.06 bits per heavy atom. The molecule has 0 saturated carbocycles. The van der Waals surface area contributed by atoms with Crippen molar-refractivity contribution in [2.75, 3.05) is 33.9 Å². The number of likely N-dealkylation sites (tertiary alicyclic amines) is 1. The second-order valence-corrected chi connectivity index (χ2v) is 8.84. The summed E-state index contributed by atoms with van der Waals surface area (Å²) in [7, 11) is 3.30. The Kier molecular flexibility index (Phi) is 7.63. The third-order valence-electron chi connectivity index (χ3n) is 6.75. The van der Waals surface area contributed by atoms with Gasteiger partial charge in [0.05, 0.1) is 7.11 Å². The van der Waals surface area contributed by atoms with E-state index in [0.717, 1.165) is 38.2 Å². The van der Waals surface area contributed by atoms with Crippen molar-refractivity contribution in [1.29, 1.82) is 0 Å². The maximum absolute atomic E-state index is 12.1. The third-order valence-corrected chi connectivity index (χ3v) is 6.75. The van der Waals surface area contributed by atoms with E-state index in [2.05, 4.69) is 72.9 Å². The molecule has 3 aromatic rings. The number of hydrogen-bond acceptors (Lipinski definition) is 4. The molecule has 1 heterocycles. The predicted octanol–water partition coefficient (Wildman–Crippen LogP) is 5.05. The van der Waals surface area contributed by atoms with Gasteiger partial charge in [-0.05, 0) is 59.2 Å². The Balaban J connectivity index is 1.44. The molecular weight excluding hydrogens is 412 g/mol. The van der Waals surface area contributed by atoms with E-state index in [4.69, 9.17) is 9.47 Å². The highest BCUT2D eigenvalue weighted by molar-refractivity contribution is 5.86. The van der Waals surface area contributed by atoms with E-state index in [9.17, 15) is 4.79 Å². The number of ether oxygens (including phenoxy) is 2. The minimum Gasteiger partial charge on any atom is -0.496 e. The van der Waals surface area contributed by atoms with E-state index in [1.165, 1.54) is 27.5 Å². The van der Waals surface area contributed by atoms with Crippen LogP contribution in [0.1, 0.15) is 48.4 Å². The highest BCUT2D eigenvalue weighted by atomic mass is 16.5. The number of carbonyl (C=O) groups excluding carboxylic acids is 1. The number of nitrogens with one attached hydrogen (secondary N) is 1. The first-order chi connectivity index (χ1) is 16.1. The van der Waals surface area contributed by atoms with Gasteiger partial charge in [-0.1, -0.05) is 54.6 Å². The summed E-state index contributed by atoms with van der Waals surface area (Å²) in [5.74, 6) is 1.40. The van der Waals surface area contributed by atoms with Gasteiger partial charge in [0.1, 0.15) is 12.4 Å². The highest BCUT2D eigenvalue weighted by Crippen LogP contribution is 2.35. The molecule has 0 aliphatic carbocycles. The van der Waals surface area contributed by atoms with Crippen LogP contribution in [0.25, 0.3) is 10.8 Å². The highest BCUT2D eigenvalue weighted by Gasteiger charge is 2.25. The molecule has 0 bridgehead atoms. The van der Waals surface area contributed by atoms with Gasteiger partial charge < -0.3 is 19.7 Å². The molecule has 0 spiro atoms. The summed E-state index contributed by atoms with van der Waals surface area (Å²) in [6.45, 7) is 4.68. The maximum Gasteiger partial charge on any atom is 0.248 e. The van der Waals surface area contributed by atoms with Crippen LogP contribution in [0.5, 0.6) is 5.75 Å². The summed E-state index contributed by atoms with van der Waals surface area (Å²) < 4.78 is 10.7. The Hall–Kier alpha value is -2.89. The van der Waals surface area contributed by atoms with Gasteiger partial charge >= 0.3 is 0 Å². The van der Waals surface area contributed by atoms with Gasteiger partial charge in [-0.2, -0.15) is 0 Å². The molecule has 1 atom stereocenters. The van der Waals surface area contributed by atoms with Crippen molar-refractivity contribution in [2.45, 2.75) is 38.3 Å². The molecule has 1 unspecified atom stereocenters. The summed E-state index contributed by atoms with van der Waals surface area (Å²) in [5, 5.41) is 6.27. The van der Waals surface area contributed by atoms with Gasteiger partial charge in [0.2, 0.25) is 5.91 Å². The molecule has 1 N–H and O–H groups in total. The first-order valence-electron chi connectivity index (χ1n) is 11.7. The van der Waals surface area contributed by atoms with E-state index in [1.807, 2.05) is 4.90 Å². The van der Waals surface area contributed by atoms with Crippen LogP contribution in [0.2, 0.25) is 0 Å². The number of amides is 1. The summed E-state index contributed by atoms with van der Waals surface area (Å²) in [6, 6.07) is 21.8. The number of benzene rings is 3. The largest absolute Gasteiger partial charge is 0.496 e. The van der Waals surface area contributed by atoms with Crippen LogP contribution in [0.15, 0.2) is 60.7 Å². The van der Waals surface area contributed by atoms with E-state index in [1.54, 1.807) is 14.2 Å². The van der Waals surface area contributed by atoms with Crippen LogP contribution in [0.3, 0.4) is 0 Å². The number of hydrogen-bond donors (Lipinski definition) is 1. The second-order valence-electron chi connectivity index (χ2n) is 8.84. The summed E-state index contributed by atoms with van der Waals surface area (Å²) in [6.07, 6.45) is 1.88. The molecule has 1 amide bonds. The Labute approximate surface area is 196 Å². The first kappa shape index (κ1) is 23.3. The number of carbonyl (C=O) groups is 1. The van der Waals surface area contributed by atoms with Crippen molar-refractivity contribution in [2.24, 2.45) is 0 Å². The number of fused-ring (bicyclic) bond motifs is 1. The minimum absolute atomic E-state index is 0.0725. The quantitative estimate of drug-likeness (QED) is 0.526. The molecule has 1 saturated heterocycles. The summed E-state index contributed by atoms with van der Waals surface area (Å²) in [4.78, 5) is 14.0. The Morgan fingerprint density at radius 3 is 2.58 bits per heavy atom. The zero-order chi connectivity index (χ0) is 23.2. The van der Waals surface area contributed by atoms with Crippen molar-refractivity contribution in [1.82, 2.24) is 10.2 Å². The van der Waals surface area contributed by atoms with Crippen molar-refractivity contribution in [3.8, 4) is 5.75 Å². The van der Waals surface area contributed by atoms with Crippen LogP contribution in [0.4, 0.5) is 0 Å². The zero-order valence-corrected chi connectivity index (χ0v) is 19.8. The van der Waals surface area contributed by atoms with E-state index in [-0.39, 0.29) is 18.6 Å². The molecule has 1 fully saturated rings. The third kappa shape index (κ3) is 5.37. The van der Waals surface area contributed by atoms with Crippen molar-refractivity contribution < 1.29 is 14.3 Å². The smallest absolute Gasteiger partial charge is 0.248 e. The fourth-order valence-corrected chi connectivity index (χ4v) is 4.88. The molecule has 1 aliphatic heterocycles. The van der Waals surface area contributed by atoms with Crippen molar-refractivity contribution >= 4 is 16.7 Å². The van der Waals surface area contributed by atoms with Crippen LogP contribution >= 0.6 is 0 Å². The SMILES string of the molecule is COCC(=O)N1CCC(c2cc(CNC(C)c3cccc4ccccc34)ccc2OC)CC1. The lowest BCUT2D eigenvalue weighted by atomic mass is 9.87. The molecule has 3 aromatic carbocycles. The number of rotatable bonds is 8. The topological polar surface area (TPSA) is 50.8 Å². The number of nitrogens with zero attached hydrogens (tertiary/aromatic N) is 1. The fourth-order valence-electron chi connectivity index (χ4n) is 4.88. The van der Waals surface area contributed by atoms with E-state index >= 15 is 0 Å². The van der Waals surface area contributed by atoms with Crippen LogP contribution in [0, 0.1) is 0 Å². The normalized spacial score (nSPS) is 15.5. The molecular formula is C28H34N2O3. The molecule has 4 rings (SSSR count). The molecule has 0 aromatic heterocycles. The molecule has 1 aliphatic rings. The lowest BCUT2D eigenvalue weighted by molar-refractivity contribution is -0.136. The van der Waals surface area contributed by atoms with Crippen LogP contribution < -0.4 is 10.1 Å².